The highest BCUT2D eigenvalue weighted by atomic mass is 16.5. The van der Waals surface area contributed by atoms with Crippen LogP contribution in [0.1, 0.15) is 6.42 Å². The number of anilines is 1. The molecule has 6 atom stereocenters. The summed E-state index contributed by atoms with van der Waals surface area (Å²) < 4.78 is 5.94. The third-order valence-corrected chi connectivity index (χ3v) is 8.39. The van der Waals surface area contributed by atoms with Crippen molar-refractivity contribution in [2.45, 2.75) is 6.42 Å². The van der Waals surface area contributed by atoms with Gasteiger partial charge in [-0.2, -0.15) is 0 Å². The summed E-state index contributed by atoms with van der Waals surface area (Å²) in [5.74, 6) is 1.46. The van der Waals surface area contributed by atoms with Gasteiger partial charge in [0.2, 0.25) is 17.7 Å². The standard InChI is InChI=1S/C31H26N2O4/c34-27(17-33-30(35)28-23-14-15-24(26-16-25(23)26)29(28)31(33)36)32-20-8-12-22(13-9-20)37-21-10-6-19(7-11-21)18-4-2-1-3-5-18/h1-15,23-26,28-29H,16-17H2,(H,32,34)/t23-,24-,25-,26-,28+,29+/m1/s1. The molecule has 1 saturated heterocycles. The quantitative estimate of drug-likeness (QED) is 0.384. The van der Waals surface area contributed by atoms with E-state index in [9.17, 15) is 14.4 Å². The second-order valence-corrected chi connectivity index (χ2v) is 10.5. The van der Waals surface area contributed by atoms with E-state index in [-0.39, 0.29) is 47.9 Å². The van der Waals surface area contributed by atoms with E-state index < -0.39 is 0 Å². The van der Waals surface area contributed by atoms with Crippen LogP contribution in [0.25, 0.3) is 11.1 Å². The Morgan fingerprint density at radius 2 is 1.30 bits per heavy atom. The topological polar surface area (TPSA) is 75.7 Å². The third kappa shape index (κ3) is 3.75. The van der Waals surface area contributed by atoms with Crippen molar-refractivity contribution in [3.63, 3.8) is 0 Å². The monoisotopic (exact) mass is 490 g/mol. The molecule has 0 spiro atoms. The van der Waals surface area contributed by atoms with Gasteiger partial charge in [0.05, 0.1) is 11.8 Å². The lowest BCUT2D eigenvalue weighted by Crippen LogP contribution is -2.40. The van der Waals surface area contributed by atoms with Gasteiger partial charge in [0, 0.05) is 5.69 Å². The first-order valence-corrected chi connectivity index (χ1v) is 12.8. The van der Waals surface area contributed by atoms with Gasteiger partial charge in [-0.15, -0.1) is 0 Å². The van der Waals surface area contributed by atoms with E-state index in [1.807, 2.05) is 42.5 Å². The van der Waals surface area contributed by atoms with Crippen LogP contribution in [0.15, 0.2) is 91.0 Å². The normalized spacial score (nSPS) is 28.6. The lowest BCUT2D eigenvalue weighted by molar-refractivity contribution is -0.142. The summed E-state index contributed by atoms with van der Waals surface area (Å²) in [7, 11) is 0. The number of allylic oxidation sites excluding steroid dienone is 2. The van der Waals surface area contributed by atoms with E-state index in [2.05, 4.69) is 29.6 Å². The molecular weight excluding hydrogens is 464 g/mol. The summed E-state index contributed by atoms with van der Waals surface area (Å²) in [6.07, 6.45) is 5.39. The van der Waals surface area contributed by atoms with Crippen LogP contribution in [-0.2, 0) is 14.4 Å². The molecule has 2 saturated carbocycles. The first-order valence-electron chi connectivity index (χ1n) is 12.8. The van der Waals surface area contributed by atoms with E-state index in [0.29, 0.717) is 29.0 Å². The fraction of sp³-hybridized carbons (Fsp3) is 0.258. The Morgan fingerprint density at radius 1 is 0.757 bits per heavy atom. The lowest BCUT2D eigenvalue weighted by atomic mass is 9.63. The maximum Gasteiger partial charge on any atom is 0.244 e. The summed E-state index contributed by atoms with van der Waals surface area (Å²) in [5.41, 5.74) is 2.84. The minimum atomic E-state index is -0.379. The second-order valence-electron chi connectivity index (χ2n) is 10.5. The van der Waals surface area contributed by atoms with E-state index >= 15 is 0 Å². The second kappa shape index (κ2) is 8.44. The molecule has 3 aromatic rings. The third-order valence-electron chi connectivity index (χ3n) is 8.39. The molecule has 8 rings (SSSR count). The number of imide groups is 1. The van der Waals surface area contributed by atoms with Crippen molar-refractivity contribution in [2.24, 2.45) is 35.5 Å². The molecule has 6 heteroatoms. The highest BCUT2D eigenvalue weighted by Crippen LogP contribution is 2.65. The van der Waals surface area contributed by atoms with Crippen LogP contribution in [-0.4, -0.2) is 29.2 Å². The number of carbonyl (C=O) groups excluding carboxylic acids is 3. The number of ether oxygens (including phenoxy) is 1. The zero-order chi connectivity index (χ0) is 25.1. The Labute approximate surface area is 214 Å². The Hall–Kier alpha value is -4.19. The molecule has 1 aliphatic heterocycles. The zero-order valence-electron chi connectivity index (χ0n) is 20.1. The van der Waals surface area contributed by atoms with Gasteiger partial charge < -0.3 is 10.1 Å². The molecular formula is C31H26N2O4. The molecule has 184 valence electrons. The number of amides is 3. The Balaban J connectivity index is 0.966. The molecule has 5 aliphatic rings. The van der Waals surface area contributed by atoms with Crippen LogP contribution in [0.4, 0.5) is 5.69 Å². The summed E-state index contributed by atoms with van der Waals surface area (Å²) in [6.45, 7) is -0.245. The molecule has 37 heavy (non-hydrogen) atoms. The zero-order valence-corrected chi connectivity index (χ0v) is 20.1. The summed E-state index contributed by atoms with van der Waals surface area (Å²) in [5, 5.41) is 2.81. The fourth-order valence-electron chi connectivity index (χ4n) is 6.61. The van der Waals surface area contributed by atoms with Crippen LogP contribution >= 0.6 is 0 Å². The number of rotatable bonds is 6. The molecule has 0 radical (unpaired) electrons. The van der Waals surface area contributed by atoms with Crippen molar-refractivity contribution >= 4 is 23.4 Å². The maximum absolute atomic E-state index is 13.1. The minimum absolute atomic E-state index is 0.159. The molecule has 0 unspecified atom stereocenters. The summed E-state index contributed by atoms with van der Waals surface area (Å²) >= 11 is 0. The SMILES string of the molecule is O=C(CN1C(=O)[C@H]2[C@@H]3C=C[C@H]([C@H]4C[C@H]34)[C@@H]2C1=O)Nc1ccc(Oc2ccc(-c3ccccc3)cc2)cc1. The predicted octanol–water partition coefficient (Wildman–Crippen LogP) is 5.14. The predicted molar refractivity (Wildman–Crippen MR) is 138 cm³/mol. The highest BCUT2D eigenvalue weighted by Gasteiger charge is 2.67. The van der Waals surface area contributed by atoms with Gasteiger partial charge in [-0.05, 0) is 77.6 Å². The van der Waals surface area contributed by atoms with Gasteiger partial charge in [0.1, 0.15) is 18.0 Å². The molecule has 1 N–H and O–H groups in total. The Morgan fingerprint density at radius 3 is 1.89 bits per heavy atom. The average molecular weight is 491 g/mol. The van der Waals surface area contributed by atoms with Crippen molar-refractivity contribution in [2.75, 3.05) is 11.9 Å². The van der Waals surface area contributed by atoms with E-state index in [1.54, 1.807) is 24.3 Å². The van der Waals surface area contributed by atoms with Crippen LogP contribution in [0.5, 0.6) is 11.5 Å². The van der Waals surface area contributed by atoms with Crippen LogP contribution in [0.3, 0.4) is 0 Å². The van der Waals surface area contributed by atoms with Crippen molar-refractivity contribution in [1.29, 1.82) is 0 Å². The van der Waals surface area contributed by atoms with Gasteiger partial charge in [0.15, 0.2) is 0 Å². The summed E-state index contributed by atoms with van der Waals surface area (Å²) in [4.78, 5) is 40.1. The molecule has 4 aliphatic carbocycles. The Kier molecular flexibility index (Phi) is 5.03. The lowest BCUT2D eigenvalue weighted by Gasteiger charge is -2.37. The van der Waals surface area contributed by atoms with E-state index in [4.69, 9.17) is 4.74 Å². The van der Waals surface area contributed by atoms with Crippen LogP contribution < -0.4 is 10.1 Å². The van der Waals surface area contributed by atoms with Gasteiger partial charge in [-0.3, -0.25) is 19.3 Å². The molecule has 6 nitrogen and oxygen atoms in total. The van der Waals surface area contributed by atoms with E-state index in [1.165, 1.54) is 4.90 Å². The van der Waals surface area contributed by atoms with Crippen molar-refractivity contribution in [1.82, 2.24) is 4.90 Å². The van der Waals surface area contributed by atoms with Crippen molar-refractivity contribution < 1.29 is 19.1 Å². The number of nitrogens with zero attached hydrogens (tertiary/aromatic N) is 1. The van der Waals surface area contributed by atoms with E-state index in [0.717, 1.165) is 17.5 Å². The highest BCUT2D eigenvalue weighted by molar-refractivity contribution is 6.09. The molecule has 3 fully saturated rings. The fourth-order valence-corrected chi connectivity index (χ4v) is 6.61. The van der Waals surface area contributed by atoms with Crippen LogP contribution in [0.2, 0.25) is 0 Å². The maximum atomic E-state index is 13.1. The first kappa shape index (κ1) is 22.0. The largest absolute Gasteiger partial charge is 0.457 e. The number of nitrogens with one attached hydrogen (secondary N) is 1. The van der Waals surface area contributed by atoms with Gasteiger partial charge >= 0.3 is 0 Å². The van der Waals surface area contributed by atoms with Gasteiger partial charge in [-0.25, -0.2) is 0 Å². The van der Waals surface area contributed by atoms with Crippen molar-refractivity contribution in [3.05, 3.63) is 91.0 Å². The van der Waals surface area contributed by atoms with Crippen LogP contribution in [0, 0.1) is 35.5 Å². The summed E-state index contributed by atoms with van der Waals surface area (Å²) in [6, 6.07) is 25.1. The molecule has 1 heterocycles. The number of hydrogen-bond donors (Lipinski definition) is 1. The number of benzene rings is 3. The van der Waals surface area contributed by atoms with Gasteiger partial charge in [-0.1, -0.05) is 54.6 Å². The van der Waals surface area contributed by atoms with Gasteiger partial charge in [0.25, 0.3) is 0 Å². The minimum Gasteiger partial charge on any atom is -0.457 e. The smallest absolute Gasteiger partial charge is 0.244 e. The molecule has 2 bridgehead atoms. The molecule has 3 amide bonds. The molecule has 3 aromatic carbocycles. The van der Waals surface area contributed by atoms with Crippen molar-refractivity contribution in [3.8, 4) is 22.6 Å². The first-order chi connectivity index (χ1) is 18.1. The number of likely N-dealkylation sites (tertiary alicyclic amines) is 1. The average Bonchev–Trinajstić information content (AvgIpc) is 3.72. The molecule has 0 aromatic heterocycles. The number of carbonyl (C=O) groups is 3. The number of hydrogen-bond acceptors (Lipinski definition) is 4. The Bertz CT molecular complexity index is 1380.